The fourth-order valence-corrected chi connectivity index (χ4v) is 3.06. The highest BCUT2D eigenvalue weighted by atomic mass is 19.1. The summed E-state index contributed by atoms with van der Waals surface area (Å²) in [5.41, 5.74) is -1.02. The van der Waals surface area contributed by atoms with E-state index in [0.717, 1.165) is 10.6 Å². The largest absolute Gasteiger partial charge is 0.469 e. The number of fused-ring (bicyclic) bond motifs is 1. The molecule has 0 saturated heterocycles. The number of aromatic amines is 1. The minimum absolute atomic E-state index is 0.0361. The van der Waals surface area contributed by atoms with E-state index >= 15 is 0 Å². The molecule has 3 aromatic heterocycles. The van der Waals surface area contributed by atoms with Crippen LogP contribution in [-0.2, 0) is 7.05 Å². The molecular weight excluding hydrogens is 421 g/mol. The molecule has 0 spiro atoms. The number of nitrogens with one attached hydrogen (secondary N) is 3. The number of furan rings is 1. The third-order valence-corrected chi connectivity index (χ3v) is 4.77. The van der Waals surface area contributed by atoms with Crippen LogP contribution in [0.5, 0.6) is 0 Å². The second kappa shape index (κ2) is 7.95. The van der Waals surface area contributed by atoms with E-state index in [1.54, 1.807) is 6.92 Å². The van der Waals surface area contributed by atoms with Crippen molar-refractivity contribution in [2.45, 2.75) is 6.92 Å². The summed E-state index contributed by atoms with van der Waals surface area (Å²) in [5, 5.41) is 5.12. The van der Waals surface area contributed by atoms with Gasteiger partial charge in [0.1, 0.15) is 22.9 Å². The number of aryl methyl sites for hydroxylation is 2. The lowest BCUT2D eigenvalue weighted by atomic mass is 10.2. The van der Waals surface area contributed by atoms with E-state index in [4.69, 9.17) is 4.42 Å². The normalized spacial score (nSPS) is 10.8. The van der Waals surface area contributed by atoms with Gasteiger partial charge in [0.15, 0.2) is 0 Å². The number of anilines is 2. The Morgan fingerprint density at radius 3 is 2.59 bits per heavy atom. The second-order valence-electron chi connectivity index (χ2n) is 6.88. The van der Waals surface area contributed by atoms with Gasteiger partial charge in [0.05, 0.1) is 22.9 Å². The SMILES string of the molecule is Cc1occc1C(=O)Nc1cc(NC(=O)c2ccc3c(=O)[nH]c(=O)n(C)c3n2)ccc1F. The Hall–Kier alpha value is -4.54. The highest BCUT2D eigenvalue weighted by Gasteiger charge is 2.16. The number of hydrogen-bond donors (Lipinski definition) is 3. The van der Waals surface area contributed by atoms with Crippen molar-refractivity contribution in [3.63, 3.8) is 0 Å². The first-order valence-electron chi connectivity index (χ1n) is 9.31. The number of carbonyl (C=O) groups excluding carboxylic acids is 2. The molecule has 1 aromatic carbocycles. The number of halogens is 1. The molecule has 3 N–H and O–H groups in total. The van der Waals surface area contributed by atoms with Crippen LogP contribution in [-0.4, -0.2) is 26.3 Å². The Bertz CT molecular complexity index is 1500. The summed E-state index contributed by atoms with van der Waals surface area (Å²) in [7, 11) is 1.41. The molecule has 2 amide bonds. The molecule has 3 heterocycles. The smallest absolute Gasteiger partial charge is 0.329 e. The van der Waals surface area contributed by atoms with Crippen LogP contribution in [0, 0.1) is 12.7 Å². The molecule has 0 radical (unpaired) electrons. The Morgan fingerprint density at radius 2 is 1.88 bits per heavy atom. The van der Waals surface area contributed by atoms with Crippen molar-refractivity contribution >= 4 is 34.2 Å². The Labute approximate surface area is 178 Å². The van der Waals surface area contributed by atoms with Crippen LogP contribution >= 0.6 is 0 Å². The van der Waals surface area contributed by atoms with Gasteiger partial charge in [-0.3, -0.25) is 23.9 Å². The molecule has 11 heteroatoms. The standard InChI is InChI=1S/C21H16FN5O5/c1-10-12(7-8-32-10)18(28)25-16-9-11(3-5-14(16)22)23-20(30)15-6-4-13-17(24-15)27(2)21(31)26-19(13)29/h3-9H,1-2H3,(H,23,30)(H,25,28)(H,26,29,31). The number of H-pyrrole nitrogens is 1. The molecule has 0 fully saturated rings. The van der Waals surface area contributed by atoms with Gasteiger partial charge >= 0.3 is 5.69 Å². The average molecular weight is 437 g/mol. The Balaban J connectivity index is 1.60. The minimum atomic E-state index is -0.699. The van der Waals surface area contributed by atoms with E-state index < -0.39 is 28.9 Å². The van der Waals surface area contributed by atoms with Gasteiger partial charge in [-0.15, -0.1) is 0 Å². The van der Waals surface area contributed by atoms with E-state index in [9.17, 15) is 23.6 Å². The molecule has 4 rings (SSSR count). The van der Waals surface area contributed by atoms with Gasteiger partial charge in [0, 0.05) is 12.7 Å². The number of amides is 2. The van der Waals surface area contributed by atoms with Crippen molar-refractivity contribution < 1.29 is 18.4 Å². The van der Waals surface area contributed by atoms with Crippen LogP contribution < -0.4 is 21.9 Å². The first-order valence-corrected chi connectivity index (χ1v) is 9.31. The number of carbonyl (C=O) groups is 2. The summed E-state index contributed by atoms with van der Waals surface area (Å²) in [4.78, 5) is 54.9. The van der Waals surface area contributed by atoms with Crippen LogP contribution in [0.15, 0.2) is 56.7 Å². The third kappa shape index (κ3) is 3.78. The number of aromatic nitrogens is 3. The van der Waals surface area contributed by atoms with E-state index in [1.807, 2.05) is 0 Å². The van der Waals surface area contributed by atoms with Gasteiger partial charge < -0.3 is 15.1 Å². The molecule has 0 unspecified atom stereocenters. The predicted octanol–water partition coefficient (Wildman–Crippen LogP) is 2.17. The molecule has 162 valence electrons. The van der Waals surface area contributed by atoms with Gasteiger partial charge in [-0.05, 0) is 43.3 Å². The summed E-state index contributed by atoms with van der Waals surface area (Å²) in [6.07, 6.45) is 1.34. The summed E-state index contributed by atoms with van der Waals surface area (Å²) in [5.74, 6) is -1.55. The minimum Gasteiger partial charge on any atom is -0.469 e. The number of pyridine rings is 1. The molecule has 0 aliphatic carbocycles. The lowest BCUT2D eigenvalue weighted by Gasteiger charge is -2.10. The van der Waals surface area contributed by atoms with Crippen molar-refractivity contribution in [1.29, 1.82) is 0 Å². The average Bonchev–Trinajstić information content (AvgIpc) is 3.20. The molecule has 0 bridgehead atoms. The monoisotopic (exact) mass is 437 g/mol. The van der Waals surface area contributed by atoms with E-state index in [0.29, 0.717) is 5.76 Å². The number of hydrogen-bond acceptors (Lipinski definition) is 6. The van der Waals surface area contributed by atoms with Crippen LogP contribution in [0.2, 0.25) is 0 Å². The van der Waals surface area contributed by atoms with Crippen LogP contribution in [0.3, 0.4) is 0 Å². The lowest BCUT2D eigenvalue weighted by molar-refractivity contribution is 0.101. The first-order chi connectivity index (χ1) is 15.2. The maximum absolute atomic E-state index is 14.2. The van der Waals surface area contributed by atoms with Crippen molar-refractivity contribution in [2.75, 3.05) is 10.6 Å². The molecule has 0 aliphatic heterocycles. The maximum atomic E-state index is 14.2. The van der Waals surface area contributed by atoms with Crippen LogP contribution in [0.4, 0.5) is 15.8 Å². The van der Waals surface area contributed by atoms with E-state index in [2.05, 4.69) is 20.6 Å². The summed E-state index contributed by atoms with van der Waals surface area (Å²) < 4.78 is 20.4. The fourth-order valence-electron chi connectivity index (χ4n) is 3.06. The van der Waals surface area contributed by atoms with E-state index in [1.165, 1.54) is 43.6 Å². The van der Waals surface area contributed by atoms with Crippen molar-refractivity contribution in [2.24, 2.45) is 7.05 Å². The van der Waals surface area contributed by atoms with Crippen molar-refractivity contribution in [3.05, 3.63) is 86.3 Å². The molecular formula is C21H16FN5O5. The molecule has 0 aliphatic rings. The molecule has 32 heavy (non-hydrogen) atoms. The predicted molar refractivity (Wildman–Crippen MR) is 113 cm³/mol. The third-order valence-electron chi connectivity index (χ3n) is 4.77. The van der Waals surface area contributed by atoms with Gasteiger partial charge in [0.2, 0.25) is 0 Å². The summed E-state index contributed by atoms with van der Waals surface area (Å²) >= 11 is 0. The molecule has 4 aromatic rings. The number of benzene rings is 1. The molecule has 0 saturated carbocycles. The van der Waals surface area contributed by atoms with E-state index in [-0.39, 0.29) is 33.7 Å². The Kier molecular flexibility index (Phi) is 5.15. The number of nitrogens with zero attached hydrogens (tertiary/aromatic N) is 2. The molecule has 10 nitrogen and oxygen atoms in total. The van der Waals surface area contributed by atoms with Gasteiger partial charge in [-0.1, -0.05) is 0 Å². The lowest BCUT2D eigenvalue weighted by Crippen LogP contribution is -2.29. The molecule has 0 atom stereocenters. The zero-order valence-electron chi connectivity index (χ0n) is 16.9. The second-order valence-corrected chi connectivity index (χ2v) is 6.88. The Morgan fingerprint density at radius 1 is 1.09 bits per heavy atom. The first kappa shape index (κ1) is 20.7. The highest BCUT2D eigenvalue weighted by Crippen LogP contribution is 2.22. The highest BCUT2D eigenvalue weighted by molar-refractivity contribution is 6.06. The van der Waals surface area contributed by atoms with Crippen LogP contribution in [0.25, 0.3) is 11.0 Å². The van der Waals surface area contributed by atoms with Gasteiger partial charge in [0.25, 0.3) is 17.4 Å². The van der Waals surface area contributed by atoms with Gasteiger partial charge in [-0.2, -0.15) is 0 Å². The topological polar surface area (TPSA) is 139 Å². The van der Waals surface area contributed by atoms with Gasteiger partial charge in [-0.25, -0.2) is 14.2 Å². The summed E-state index contributed by atoms with van der Waals surface area (Å²) in [6, 6.07) is 7.81. The maximum Gasteiger partial charge on any atom is 0.329 e. The fraction of sp³-hybridized carbons (Fsp3) is 0.0952. The quantitative estimate of drug-likeness (QED) is 0.447. The summed E-state index contributed by atoms with van der Waals surface area (Å²) in [6.45, 7) is 1.60. The zero-order chi connectivity index (χ0) is 23.0. The van der Waals surface area contributed by atoms with Crippen molar-refractivity contribution in [1.82, 2.24) is 14.5 Å². The van der Waals surface area contributed by atoms with Crippen LogP contribution in [0.1, 0.15) is 26.6 Å². The zero-order valence-corrected chi connectivity index (χ0v) is 16.9. The van der Waals surface area contributed by atoms with Crippen molar-refractivity contribution in [3.8, 4) is 0 Å². The number of rotatable bonds is 4.